The van der Waals surface area contributed by atoms with Gasteiger partial charge in [-0.05, 0) is 49.8 Å². The topological polar surface area (TPSA) is 26.3 Å². The predicted molar refractivity (Wildman–Crippen MR) is 77.9 cm³/mol. The zero-order chi connectivity index (χ0) is 14.0. The molecule has 104 valence electrons. The van der Waals surface area contributed by atoms with Crippen LogP contribution in [-0.4, -0.2) is 12.9 Å². The Kier molecular flexibility index (Phi) is 4.28. The van der Waals surface area contributed by atoms with E-state index < -0.39 is 0 Å². The van der Waals surface area contributed by atoms with Crippen LogP contribution in [0.15, 0.2) is 12.1 Å². The highest BCUT2D eigenvalue weighted by atomic mass is 16.5. The van der Waals surface area contributed by atoms with E-state index in [0.717, 1.165) is 41.2 Å². The highest BCUT2D eigenvalue weighted by Gasteiger charge is 2.28. The van der Waals surface area contributed by atoms with Crippen molar-refractivity contribution in [2.75, 3.05) is 7.11 Å². The molecular weight excluding hydrogens is 236 g/mol. The first kappa shape index (κ1) is 14.1. The molecule has 1 aliphatic carbocycles. The third-order valence-corrected chi connectivity index (χ3v) is 4.30. The summed E-state index contributed by atoms with van der Waals surface area (Å²) in [4.78, 5) is 12.7. The summed E-state index contributed by atoms with van der Waals surface area (Å²) in [6.45, 7) is 6.32. The van der Waals surface area contributed by atoms with Gasteiger partial charge in [-0.1, -0.05) is 25.8 Å². The molecule has 19 heavy (non-hydrogen) atoms. The number of ether oxygens (including phenoxy) is 1. The van der Waals surface area contributed by atoms with Gasteiger partial charge < -0.3 is 4.74 Å². The molecule has 1 aromatic carbocycles. The molecule has 1 aliphatic rings. The van der Waals surface area contributed by atoms with Gasteiger partial charge in [-0.2, -0.15) is 0 Å². The fourth-order valence-corrected chi connectivity index (χ4v) is 3.13. The molecule has 0 amide bonds. The maximum Gasteiger partial charge on any atom is 0.169 e. The van der Waals surface area contributed by atoms with E-state index in [1.165, 1.54) is 12.8 Å². The molecule has 1 fully saturated rings. The Morgan fingerprint density at radius 3 is 2.37 bits per heavy atom. The Balaban J connectivity index is 2.28. The number of benzene rings is 1. The lowest BCUT2D eigenvalue weighted by atomic mass is 9.78. The zero-order valence-electron chi connectivity index (χ0n) is 12.5. The minimum atomic E-state index is 0.187. The van der Waals surface area contributed by atoms with Crippen LogP contribution in [0, 0.1) is 25.7 Å². The first-order valence-corrected chi connectivity index (χ1v) is 7.22. The SMILES string of the molecule is COc1cc(C)cc(C)c1C(=O)C1CCC(C)CC1. The smallest absolute Gasteiger partial charge is 0.169 e. The molecule has 1 saturated carbocycles. The lowest BCUT2D eigenvalue weighted by Crippen LogP contribution is -2.22. The number of hydrogen-bond acceptors (Lipinski definition) is 2. The molecule has 0 saturated heterocycles. The van der Waals surface area contributed by atoms with Crippen LogP contribution in [0.2, 0.25) is 0 Å². The predicted octanol–water partition coefficient (Wildman–Crippen LogP) is 4.32. The minimum Gasteiger partial charge on any atom is -0.496 e. The van der Waals surface area contributed by atoms with Gasteiger partial charge >= 0.3 is 0 Å². The van der Waals surface area contributed by atoms with E-state index in [2.05, 4.69) is 13.0 Å². The van der Waals surface area contributed by atoms with Crippen molar-refractivity contribution in [2.45, 2.75) is 46.5 Å². The molecule has 0 aliphatic heterocycles. The Morgan fingerprint density at radius 2 is 1.79 bits per heavy atom. The molecule has 2 rings (SSSR count). The van der Waals surface area contributed by atoms with Gasteiger partial charge in [0.25, 0.3) is 0 Å². The van der Waals surface area contributed by atoms with Crippen molar-refractivity contribution < 1.29 is 9.53 Å². The lowest BCUT2D eigenvalue weighted by Gasteiger charge is -2.26. The summed E-state index contributed by atoms with van der Waals surface area (Å²) in [5, 5.41) is 0. The highest BCUT2D eigenvalue weighted by molar-refractivity contribution is 6.01. The number of Topliss-reactive ketones (excluding diaryl/α,β-unsaturated/α-hetero) is 1. The van der Waals surface area contributed by atoms with E-state index in [4.69, 9.17) is 4.74 Å². The van der Waals surface area contributed by atoms with Gasteiger partial charge in [0.05, 0.1) is 12.7 Å². The van der Waals surface area contributed by atoms with Gasteiger partial charge in [0.2, 0.25) is 0 Å². The zero-order valence-corrected chi connectivity index (χ0v) is 12.5. The van der Waals surface area contributed by atoms with Crippen LogP contribution in [0.5, 0.6) is 5.75 Å². The summed E-state index contributed by atoms with van der Waals surface area (Å²) in [6.07, 6.45) is 4.39. The number of carbonyl (C=O) groups excluding carboxylic acids is 1. The largest absolute Gasteiger partial charge is 0.496 e. The van der Waals surface area contributed by atoms with Gasteiger partial charge in [0.1, 0.15) is 5.75 Å². The van der Waals surface area contributed by atoms with Crippen LogP contribution in [-0.2, 0) is 0 Å². The van der Waals surface area contributed by atoms with E-state index in [1.54, 1.807) is 7.11 Å². The molecule has 2 nitrogen and oxygen atoms in total. The van der Waals surface area contributed by atoms with Crippen LogP contribution in [0.1, 0.15) is 54.1 Å². The first-order valence-electron chi connectivity index (χ1n) is 7.22. The average Bonchev–Trinajstić information content (AvgIpc) is 2.38. The molecule has 0 N–H and O–H groups in total. The summed E-state index contributed by atoms with van der Waals surface area (Å²) < 4.78 is 5.42. The molecule has 0 heterocycles. The van der Waals surface area contributed by atoms with E-state index in [9.17, 15) is 4.79 Å². The van der Waals surface area contributed by atoms with Crippen molar-refractivity contribution in [3.8, 4) is 5.75 Å². The maximum atomic E-state index is 12.7. The second kappa shape index (κ2) is 5.77. The average molecular weight is 260 g/mol. The molecule has 1 aromatic rings. The van der Waals surface area contributed by atoms with Crippen molar-refractivity contribution in [2.24, 2.45) is 11.8 Å². The molecular formula is C17H24O2. The van der Waals surface area contributed by atoms with E-state index in [-0.39, 0.29) is 11.7 Å². The van der Waals surface area contributed by atoms with E-state index in [0.29, 0.717) is 0 Å². The van der Waals surface area contributed by atoms with Gasteiger partial charge in [-0.15, -0.1) is 0 Å². The van der Waals surface area contributed by atoms with Gasteiger partial charge in [-0.3, -0.25) is 4.79 Å². The van der Waals surface area contributed by atoms with Crippen LogP contribution >= 0.6 is 0 Å². The molecule has 0 aromatic heterocycles. The molecule has 2 heteroatoms. The number of rotatable bonds is 3. The third-order valence-electron chi connectivity index (χ3n) is 4.30. The Hall–Kier alpha value is -1.31. The highest BCUT2D eigenvalue weighted by Crippen LogP contribution is 2.34. The quantitative estimate of drug-likeness (QED) is 0.756. The second-order valence-electron chi connectivity index (χ2n) is 5.98. The minimum absolute atomic E-state index is 0.187. The monoisotopic (exact) mass is 260 g/mol. The Labute approximate surface area is 116 Å². The van der Waals surface area contributed by atoms with Crippen molar-refractivity contribution in [3.05, 3.63) is 28.8 Å². The van der Waals surface area contributed by atoms with Crippen molar-refractivity contribution >= 4 is 5.78 Å². The number of methoxy groups -OCH3 is 1. The van der Waals surface area contributed by atoms with Crippen LogP contribution in [0.3, 0.4) is 0 Å². The van der Waals surface area contributed by atoms with Crippen molar-refractivity contribution in [3.63, 3.8) is 0 Å². The lowest BCUT2D eigenvalue weighted by molar-refractivity contribution is 0.0872. The van der Waals surface area contributed by atoms with Crippen LogP contribution < -0.4 is 4.74 Å². The number of ketones is 1. The first-order chi connectivity index (χ1) is 9.02. The summed E-state index contributed by atoms with van der Waals surface area (Å²) in [5.41, 5.74) is 2.98. The van der Waals surface area contributed by atoms with E-state index >= 15 is 0 Å². The van der Waals surface area contributed by atoms with Gasteiger partial charge in [-0.25, -0.2) is 0 Å². The normalized spacial score (nSPS) is 23.2. The third kappa shape index (κ3) is 2.99. The molecule has 0 atom stereocenters. The van der Waals surface area contributed by atoms with Crippen LogP contribution in [0.25, 0.3) is 0 Å². The Bertz CT molecular complexity index is 468. The summed E-state index contributed by atoms with van der Waals surface area (Å²) in [5.74, 6) is 1.97. The number of hydrogen-bond donors (Lipinski definition) is 0. The molecule has 0 unspecified atom stereocenters. The van der Waals surface area contributed by atoms with Crippen molar-refractivity contribution in [1.82, 2.24) is 0 Å². The fourth-order valence-electron chi connectivity index (χ4n) is 3.13. The molecule has 0 radical (unpaired) electrons. The standard InChI is InChI=1S/C17H24O2/c1-11-5-7-14(8-6-11)17(18)16-13(3)9-12(2)10-15(16)19-4/h9-11,14H,5-8H2,1-4H3. The Morgan fingerprint density at radius 1 is 1.16 bits per heavy atom. The van der Waals surface area contributed by atoms with Crippen LogP contribution in [0.4, 0.5) is 0 Å². The summed E-state index contributed by atoms with van der Waals surface area (Å²) in [6, 6.07) is 4.03. The van der Waals surface area contributed by atoms with Crippen molar-refractivity contribution in [1.29, 1.82) is 0 Å². The number of carbonyl (C=O) groups is 1. The molecule has 0 bridgehead atoms. The maximum absolute atomic E-state index is 12.7. The van der Waals surface area contributed by atoms with Gasteiger partial charge in [0, 0.05) is 5.92 Å². The molecule has 0 spiro atoms. The fraction of sp³-hybridized carbons (Fsp3) is 0.588. The number of aryl methyl sites for hydroxylation is 2. The van der Waals surface area contributed by atoms with E-state index in [1.807, 2.05) is 19.9 Å². The second-order valence-corrected chi connectivity index (χ2v) is 5.98. The summed E-state index contributed by atoms with van der Waals surface area (Å²) in [7, 11) is 1.65. The van der Waals surface area contributed by atoms with Gasteiger partial charge in [0.15, 0.2) is 5.78 Å². The summed E-state index contributed by atoms with van der Waals surface area (Å²) >= 11 is 0.